The topological polar surface area (TPSA) is 44.4 Å². The van der Waals surface area contributed by atoms with Crippen LogP contribution in [0.25, 0.3) is 0 Å². The summed E-state index contributed by atoms with van der Waals surface area (Å²) in [4.78, 5) is 13.4. The number of amides is 1. The van der Waals surface area contributed by atoms with Crippen LogP contribution in [0.15, 0.2) is 0 Å². The zero-order valence-corrected chi connectivity index (χ0v) is 10.7. The van der Waals surface area contributed by atoms with Gasteiger partial charge in [0.25, 0.3) is 0 Å². The van der Waals surface area contributed by atoms with Gasteiger partial charge in [-0.3, -0.25) is 4.79 Å². The summed E-state index contributed by atoms with van der Waals surface area (Å²) in [6, 6.07) is 0.192. The second-order valence-corrected chi connectivity index (χ2v) is 4.91. The van der Waals surface area contributed by atoms with Crippen LogP contribution in [0.2, 0.25) is 0 Å². The Morgan fingerprint density at radius 1 is 1.44 bits per heavy atom. The zero-order valence-electron chi connectivity index (χ0n) is 10.7. The largest absolute Gasteiger partial charge is 0.405 e. The molecule has 1 amide bonds. The third-order valence-corrected chi connectivity index (χ3v) is 3.12. The Kier molecular flexibility index (Phi) is 5.40. The number of carbonyl (C=O) groups excluding carboxylic acids is 1. The normalized spacial score (nSPS) is 26.1. The molecule has 1 aliphatic heterocycles. The second-order valence-electron chi connectivity index (χ2n) is 4.91. The highest BCUT2D eigenvalue weighted by atomic mass is 19.4. The second kappa shape index (κ2) is 6.38. The number of carbonyl (C=O) groups is 1. The van der Waals surface area contributed by atoms with Crippen LogP contribution in [-0.4, -0.2) is 56.3 Å². The Morgan fingerprint density at radius 2 is 2.11 bits per heavy atom. The lowest BCUT2D eigenvalue weighted by atomic mass is 9.94. The van der Waals surface area contributed by atoms with Gasteiger partial charge in [-0.2, -0.15) is 13.2 Å². The standard InChI is InChI=1S/C11H20F3N3O/c1-8-6-17(2)4-3-9(8)15-5-10(18)16-7-11(12,13)14/h8-9,15H,3-7H2,1-2H3,(H,16,18). The predicted molar refractivity (Wildman–Crippen MR) is 62.1 cm³/mol. The Balaban J connectivity index is 2.22. The number of nitrogens with zero attached hydrogens (tertiary/aromatic N) is 1. The van der Waals surface area contributed by atoms with Gasteiger partial charge < -0.3 is 15.5 Å². The number of likely N-dealkylation sites (tertiary alicyclic amines) is 1. The van der Waals surface area contributed by atoms with Gasteiger partial charge in [0.05, 0.1) is 6.54 Å². The third-order valence-electron chi connectivity index (χ3n) is 3.12. The van der Waals surface area contributed by atoms with Crippen molar-refractivity contribution in [2.75, 3.05) is 33.2 Å². The number of halogens is 3. The fraction of sp³-hybridized carbons (Fsp3) is 0.909. The average molecular weight is 267 g/mol. The molecule has 0 aromatic carbocycles. The molecule has 1 heterocycles. The smallest absolute Gasteiger partial charge is 0.346 e. The summed E-state index contributed by atoms with van der Waals surface area (Å²) in [5.74, 6) is -0.224. The zero-order chi connectivity index (χ0) is 13.8. The molecule has 0 saturated carbocycles. The fourth-order valence-corrected chi connectivity index (χ4v) is 2.14. The van der Waals surface area contributed by atoms with Gasteiger partial charge in [0.2, 0.25) is 5.91 Å². The summed E-state index contributed by atoms with van der Waals surface area (Å²) in [5.41, 5.74) is 0. The Hall–Kier alpha value is -0.820. The Labute approximate surface area is 105 Å². The van der Waals surface area contributed by atoms with Gasteiger partial charge in [-0.25, -0.2) is 0 Å². The lowest BCUT2D eigenvalue weighted by Crippen LogP contribution is -2.50. The highest BCUT2D eigenvalue weighted by Gasteiger charge is 2.28. The Bertz CT molecular complexity index is 283. The molecule has 7 heteroatoms. The first-order chi connectivity index (χ1) is 8.28. The molecule has 2 atom stereocenters. The molecular formula is C11H20F3N3O. The first kappa shape index (κ1) is 15.2. The van der Waals surface area contributed by atoms with Crippen LogP contribution in [0.3, 0.4) is 0 Å². The van der Waals surface area contributed by atoms with Gasteiger partial charge in [-0.1, -0.05) is 6.92 Å². The van der Waals surface area contributed by atoms with Gasteiger partial charge in [0, 0.05) is 12.6 Å². The van der Waals surface area contributed by atoms with Gasteiger partial charge in [-0.05, 0) is 25.9 Å². The molecule has 0 spiro atoms. The summed E-state index contributed by atoms with van der Waals surface area (Å²) in [6.07, 6.45) is -3.44. The summed E-state index contributed by atoms with van der Waals surface area (Å²) < 4.78 is 35.6. The lowest BCUT2D eigenvalue weighted by Gasteiger charge is -2.35. The number of nitrogens with one attached hydrogen (secondary N) is 2. The van der Waals surface area contributed by atoms with Crippen molar-refractivity contribution < 1.29 is 18.0 Å². The molecule has 1 fully saturated rings. The molecule has 0 aromatic rings. The molecule has 2 N–H and O–H groups in total. The molecule has 0 aromatic heterocycles. The van der Waals surface area contributed by atoms with E-state index in [0.29, 0.717) is 5.92 Å². The minimum atomic E-state index is -4.35. The number of hydrogen-bond acceptors (Lipinski definition) is 3. The molecule has 4 nitrogen and oxygen atoms in total. The average Bonchev–Trinajstić information content (AvgIpc) is 2.24. The van der Waals surface area contributed by atoms with Crippen LogP contribution >= 0.6 is 0 Å². The molecule has 1 rings (SSSR count). The van der Waals surface area contributed by atoms with Crippen LogP contribution < -0.4 is 10.6 Å². The van der Waals surface area contributed by atoms with Crippen LogP contribution in [0.5, 0.6) is 0 Å². The molecule has 0 radical (unpaired) electrons. The number of piperidine rings is 1. The van der Waals surface area contributed by atoms with Crippen molar-refractivity contribution in [3.8, 4) is 0 Å². The first-order valence-corrected chi connectivity index (χ1v) is 6.03. The van der Waals surface area contributed by atoms with Crippen LogP contribution in [0.1, 0.15) is 13.3 Å². The SMILES string of the molecule is CC1CN(C)CCC1NCC(=O)NCC(F)(F)F. The van der Waals surface area contributed by atoms with E-state index in [2.05, 4.69) is 17.1 Å². The van der Waals surface area contributed by atoms with E-state index in [1.165, 1.54) is 0 Å². The summed E-state index contributed by atoms with van der Waals surface area (Å²) in [7, 11) is 2.03. The minimum absolute atomic E-state index is 0.0607. The molecule has 0 bridgehead atoms. The highest BCUT2D eigenvalue weighted by molar-refractivity contribution is 5.78. The van der Waals surface area contributed by atoms with Crippen molar-refractivity contribution in [2.45, 2.75) is 25.6 Å². The molecule has 1 aliphatic rings. The highest BCUT2D eigenvalue weighted by Crippen LogP contribution is 2.15. The van der Waals surface area contributed by atoms with Gasteiger partial charge in [0.15, 0.2) is 0 Å². The lowest BCUT2D eigenvalue weighted by molar-refractivity contribution is -0.138. The molecule has 18 heavy (non-hydrogen) atoms. The number of hydrogen-bond donors (Lipinski definition) is 2. The van der Waals surface area contributed by atoms with E-state index in [1.807, 2.05) is 12.4 Å². The summed E-state index contributed by atoms with van der Waals surface area (Å²) >= 11 is 0. The molecule has 0 aliphatic carbocycles. The van der Waals surface area contributed by atoms with Crippen LogP contribution in [0.4, 0.5) is 13.2 Å². The quantitative estimate of drug-likeness (QED) is 0.784. The maximum atomic E-state index is 11.9. The van der Waals surface area contributed by atoms with E-state index >= 15 is 0 Å². The van der Waals surface area contributed by atoms with E-state index in [0.717, 1.165) is 19.5 Å². The maximum absolute atomic E-state index is 11.9. The first-order valence-electron chi connectivity index (χ1n) is 6.03. The van der Waals surface area contributed by atoms with Crippen LogP contribution in [-0.2, 0) is 4.79 Å². The summed E-state index contributed by atoms with van der Waals surface area (Å²) in [6.45, 7) is 2.61. The molecule has 106 valence electrons. The predicted octanol–water partition coefficient (Wildman–Crippen LogP) is 0.595. The number of alkyl halides is 3. The fourth-order valence-electron chi connectivity index (χ4n) is 2.14. The van der Waals surface area contributed by atoms with E-state index in [4.69, 9.17) is 0 Å². The minimum Gasteiger partial charge on any atom is -0.346 e. The van der Waals surface area contributed by atoms with Crippen molar-refractivity contribution in [3.05, 3.63) is 0 Å². The molecular weight excluding hydrogens is 247 g/mol. The van der Waals surface area contributed by atoms with Crippen LogP contribution in [0, 0.1) is 5.92 Å². The van der Waals surface area contributed by atoms with E-state index < -0.39 is 18.6 Å². The summed E-state index contributed by atoms with van der Waals surface area (Å²) in [5, 5.41) is 4.87. The van der Waals surface area contributed by atoms with Crippen molar-refractivity contribution in [1.29, 1.82) is 0 Å². The number of rotatable bonds is 4. The van der Waals surface area contributed by atoms with Gasteiger partial charge in [-0.15, -0.1) is 0 Å². The maximum Gasteiger partial charge on any atom is 0.405 e. The van der Waals surface area contributed by atoms with Gasteiger partial charge >= 0.3 is 6.18 Å². The van der Waals surface area contributed by atoms with Crippen molar-refractivity contribution in [3.63, 3.8) is 0 Å². The molecule has 2 unspecified atom stereocenters. The monoisotopic (exact) mass is 267 g/mol. The van der Waals surface area contributed by atoms with Crippen molar-refractivity contribution in [2.24, 2.45) is 5.92 Å². The van der Waals surface area contributed by atoms with Crippen molar-refractivity contribution >= 4 is 5.91 Å². The Morgan fingerprint density at radius 3 is 2.67 bits per heavy atom. The van der Waals surface area contributed by atoms with E-state index in [9.17, 15) is 18.0 Å². The third kappa shape index (κ3) is 5.68. The van der Waals surface area contributed by atoms with Gasteiger partial charge in [0.1, 0.15) is 6.54 Å². The molecule has 1 saturated heterocycles. The van der Waals surface area contributed by atoms with E-state index in [1.54, 1.807) is 0 Å². The van der Waals surface area contributed by atoms with E-state index in [-0.39, 0.29) is 12.6 Å². The van der Waals surface area contributed by atoms with Crippen molar-refractivity contribution in [1.82, 2.24) is 15.5 Å².